The molecule has 0 unspecified atom stereocenters. The van der Waals surface area contributed by atoms with E-state index in [-0.39, 0.29) is 17.9 Å². The molecule has 0 saturated carbocycles. The van der Waals surface area contributed by atoms with E-state index in [0.29, 0.717) is 11.4 Å². The molecule has 2 heterocycles. The molecule has 0 radical (unpaired) electrons. The van der Waals surface area contributed by atoms with Crippen molar-refractivity contribution in [1.82, 2.24) is 30.0 Å². The summed E-state index contributed by atoms with van der Waals surface area (Å²) in [6, 6.07) is 9.57. The summed E-state index contributed by atoms with van der Waals surface area (Å²) in [6.07, 6.45) is 1.23. The Balaban J connectivity index is 1.63. The molecule has 25 heavy (non-hydrogen) atoms. The number of carbonyl (C=O) groups excluding carboxylic acids is 2. The van der Waals surface area contributed by atoms with E-state index in [2.05, 4.69) is 26.3 Å². The molecule has 0 aliphatic heterocycles. The normalized spacial score (nSPS) is 10.4. The Kier molecular flexibility index (Phi) is 4.42. The van der Waals surface area contributed by atoms with Gasteiger partial charge < -0.3 is 9.88 Å². The third-order valence-corrected chi connectivity index (χ3v) is 3.39. The minimum absolute atomic E-state index is 0.139. The summed E-state index contributed by atoms with van der Waals surface area (Å²) in [5.74, 6) is -0.242. The van der Waals surface area contributed by atoms with Crippen LogP contribution >= 0.6 is 0 Å². The van der Waals surface area contributed by atoms with Crippen LogP contribution in [0.4, 0.5) is 10.5 Å². The van der Waals surface area contributed by atoms with E-state index in [4.69, 9.17) is 0 Å². The number of para-hydroxylation sites is 1. The molecule has 0 fully saturated rings. The molecule has 0 spiro atoms. The maximum atomic E-state index is 12.1. The average Bonchev–Trinajstić information content (AvgIpc) is 3.08. The van der Waals surface area contributed by atoms with Crippen LogP contribution in [0.15, 0.2) is 47.5 Å². The molecule has 2 aromatic heterocycles. The van der Waals surface area contributed by atoms with Gasteiger partial charge in [0.05, 0.1) is 0 Å². The van der Waals surface area contributed by atoms with Gasteiger partial charge in [0, 0.05) is 17.4 Å². The van der Waals surface area contributed by atoms with Gasteiger partial charge in [0.1, 0.15) is 12.9 Å². The molecule has 10 heteroatoms. The fraction of sp³-hybridized carbons (Fsp3) is 0.133. The Morgan fingerprint density at radius 1 is 1.16 bits per heavy atom. The van der Waals surface area contributed by atoms with Crippen LogP contribution in [0.1, 0.15) is 5.69 Å². The number of aryl methyl sites for hydroxylation is 1. The van der Waals surface area contributed by atoms with Crippen LogP contribution in [0.3, 0.4) is 0 Å². The van der Waals surface area contributed by atoms with Crippen molar-refractivity contribution in [2.45, 2.75) is 13.5 Å². The monoisotopic (exact) mass is 341 g/mol. The van der Waals surface area contributed by atoms with Crippen LogP contribution in [-0.4, -0.2) is 31.1 Å². The highest BCUT2D eigenvalue weighted by molar-refractivity contribution is 5.90. The third-order valence-electron chi connectivity index (χ3n) is 3.39. The highest BCUT2D eigenvalue weighted by Gasteiger charge is 2.12. The summed E-state index contributed by atoms with van der Waals surface area (Å²) in [7, 11) is 0. The van der Waals surface area contributed by atoms with Crippen LogP contribution in [0, 0.1) is 6.92 Å². The number of urea groups is 1. The van der Waals surface area contributed by atoms with Gasteiger partial charge in [-0.1, -0.05) is 18.2 Å². The van der Waals surface area contributed by atoms with Crippen molar-refractivity contribution in [2.75, 3.05) is 5.32 Å². The van der Waals surface area contributed by atoms with Gasteiger partial charge in [-0.3, -0.25) is 15.0 Å². The van der Waals surface area contributed by atoms with Crippen molar-refractivity contribution in [3.8, 4) is 0 Å². The Morgan fingerprint density at radius 2 is 1.92 bits per heavy atom. The van der Waals surface area contributed by atoms with E-state index < -0.39 is 11.9 Å². The van der Waals surface area contributed by atoms with Crippen LogP contribution in [0.5, 0.6) is 0 Å². The summed E-state index contributed by atoms with van der Waals surface area (Å²) < 4.78 is 2.61. The molecule has 128 valence electrons. The molecule has 0 saturated heterocycles. The molecule has 3 N–H and O–H groups in total. The maximum Gasteiger partial charge on any atom is 0.337 e. The zero-order valence-corrected chi connectivity index (χ0v) is 13.3. The van der Waals surface area contributed by atoms with Crippen molar-refractivity contribution in [2.24, 2.45) is 0 Å². The second-order valence-corrected chi connectivity index (χ2v) is 5.18. The Hall–Kier alpha value is -3.69. The molecule has 3 aromatic rings. The molecular weight excluding hydrogens is 326 g/mol. The van der Waals surface area contributed by atoms with Crippen LogP contribution in [-0.2, 0) is 11.3 Å². The van der Waals surface area contributed by atoms with Crippen molar-refractivity contribution in [3.05, 3.63) is 58.8 Å². The van der Waals surface area contributed by atoms with Gasteiger partial charge in [-0.05, 0) is 19.1 Å². The zero-order valence-electron chi connectivity index (χ0n) is 13.3. The molecular formula is C15H15N7O3. The smallest absolute Gasteiger partial charge is 0.307 e. The fourth-order valence-corrected chi connectivity index (χ4v) is 2.24. The van der Waals surface area contributed by atoms with Gasteiger partial charge in [0.15, 0.2) is 0 Å². The van der Waals surface area contributed by atoms with Crippen molar-refractivity contribution in [1.29, 1.82) is 0 Å². The number of benzene rings is 1. The van der Waals surface area contributed by atoms with Crippen molar-refractivity contribution >= 4 is 23.4 Å². The van der Waals surface area contributed by atoms with Crippen LogP contribution in [0.25, 0.3) is 5.78 Å². The van der Waals surface area contributed by atoms with E-state index in [1.54, 1.807) is 31.2 Å². The highest BCUT2D eigenvalue weighted by atomic mass is 16.2. The number of nitrogens with one attached hydrogen (secondary N) is 3. The lowest BCUT2D eigenvalue weighted by molar-refractivity contribution is -0.122. The van der Waals surface area contributed by atoms with E-state index in [9.17, 15) is 14.4 Å². The second kappa shape index (κ2) is 6.83. The molecule has 3 rings (SSSR count). The number of carbonyl (C=O) groups is 2. The number of nitrogens with zero attached hydrogens (tertiary/aromatic N) is 4. The van der Waals surface area contributed by atoms with Gasteiger partial charge in [-0.25, -0.2) is 10.2 Å². The lowest BCUT2D eigenvalue weighted by Gasteiger charge is -2.12. The number of fused-ring (bicyclic) bond motifs is 1. The summed E-state index contributed by atoms with van der Waals surface area (Å²) in [6.45, 7) is 1.54. The molecule has 0 atom stereocenters. The minimum atomic E-state index is -0.580. The Morgan fingerprint density at radius 3 is 2.68 bits per heavy atom. The number of rotatable bonds is 3. The summed E-state index contributed by atoms with van der Waals surface area (Å²) in [5.41, 5.74) is 5.36. The second-order valence-electron chi connectivity index (χ2n) is 5.18. The van der Waals surface area contributed by atoms with Crippen LogP contribution in [0.2, 0.25) is 0 Å². The number of amides is 3. The summed E-state index contributed by atoms with van der Waals surface area (Å²) in [4.78, 5) is 39.6. The van der Waals surface area contributed by atoms with Crippen molar-refractivity contribution in [3.63, 3.8) is 0 Å². The molecule has 0 bridgehead atoms. The van der Waals surface area contributed by atoms with E-state index in [0.717, 1.165) is 4.52 Å². The SMILES string of the molecule is Cc1cc(=O)n2ncnc2n1CC(=O)NNC(=O)Nc1ccccc1. The standard InChI is InChI=1S/C15H15N7O3/c1-10-7-13(24)22-15(16-9-17-22)21(10)8-12(23)19-20-14(25)18-11-5-3-2-4-6-11/h2-7,9H,8H2,1H3,(H,19,23)(H2,18,20,25). The largest absolute Gasteiger partial charge is 0.337 e. The minimum Gasteiger partial charge on any atom is -0.307 e. The molecule has 10 nitrogen and oxygen atoms in total. The number of anilines is 1. The highest BCUT2D eigenvalue weighted by Crippen LogP contribution is 2.04. The molecule has 1 aromatic carbocycles. The first kappa shape index (κ1) is 16.2. The predicted octanol–water partition coefficient (Wildman–Crippen LogP) is 0.0523. The van der Waals surface area contributed by atoms with Gasteiger partial charge in [-0.15, -0.1) is 0 Å². The average molecular weight is 341 g/mol. The Labute approximate surface area is 141 Å². The van der Waals surface area contributed by atoms with Crippen molar-refractivity contribution < 1.29 is 9.59 Å². The molecule has 0 aliphatic carbocycles. The third kappa shape index (κ3) is 3.63. The molecule has 0 aliphatic rings. The fourth-order valence-electron chi connectivity index (χ4n) is 2.24. The maximum absolute atomic E-state index is 12.1. The number of hydrogen-bond donors (Lipinski definition) is 3. The number of hydrazine groups is 1. The lowest BCUT2D eigenvalue weighted by Crippen LogP contribution is -2.45. The summed E-state index contributed by atoms with van der Waals surface area (Å²) >= 11 is 0. The predicted molar refractivity (Wildman–Crippen MR) is 88.7 cm³/mol. The Bertz CT molecular complexity index is 978. The zero-order chi connectivity index (χ0) is 17.8. The first-order valence-corrected chi connectivity index (χ1v) is 7.35. The lowest BCUT2D eigenvalue weighted by atomic mass is 10.3. The molecule has 3 amide bonds. The number of aromatic nitrogens is 4. The van der Waals surface area contributed by atoms with E-state index >= 15 is 0 Å². The van der Waals surface area contributed by atoms with Crippen LogP contribution < -0.4 is 21.7 Å². The quantitative estimate of drug-likeness (QED) is 0.581. The van der Waals surface area contributed by atoms with Gasteiger partial charge in [-0.2, -0.15) is 14.6 Å². The van der Waals surface area contributed by atoms with Gasteiger partial charge >= 0.3 is 6.03 Å². The van der Waals surface area contributed by atoms with Gasteiger partial charge in [0.25, 0.3) is 11.5 Å². The first-order chi connectivity index (χ1) is 12.0. The summed E-state index contributed by atoms with van der Waals surface area (Å²) in [5, 5.41) is 6.38. The number of hydrogen-bond acceptors (Lipinski definition) is 5. The topological polar surface area (TPSA) is 122 Å². The first-order valence-electron chi connectivity index (χ1n) is 7.35. The van der Waals surface area contributed by atoms with E-state index in [1.807, 2.05) is 6.07 Å². The van der Waals surface area contributed by atoms with E-state index in [1.165, 1.54) is 17.0 Å². The van der Waals surface area contributed by atoms with Gasteiger partial charge in [0.2, 0.25) is 5.78 Å².